The maximum atomic E-state index is 6.14. The van der Waals surface area contributed by atoms with Crippen LogP contribution >= 0.6 is 0 Å². The van der Waals surface area contributed by atoms with Gasteiger partial charge in [0.15, 0.2) is 5.96 Å². The SMILES string of the molecule is CCNC(=NCc1cc(N(C)C)nc2ccccc12)N1CCC(OCC2CCCO2)CC1. The monoisotopic (exact) mass is 439 g/mol. The van der Waals surface area contributed by atoms with Crippen molar-refractivity contribution in [1.29, 1.82) is 0 Å². The molecule has 0 amide bonds. The van der Waals surface area contributed by atoms with Crippen LogP contribution in [-0.4, -0.2) is 75.0 Å². The number of hydrogen-bond donors (Lipinski definition) is 1. The first-order valence-electron chi connectivity index (χ1n) is 12.0. The molecule has 0 saturated carbocycles. The second kappa shape index (κ2) is 11.0. The molecule has 1 unspecified atom stereocenters. The van der Waals surface area contributed by atoms with E-state index in [1.807, 2.05) is 25.1 Å². The van der Waals surface area contributed by atoms with E-state index >= 15 is 0 Å². The molecule has 2 fully saturated rings. The van der Waals surface area contributed by atoms with Gasteiger partial charge in [-0.3, -0.25) is 0 Å². The molecule has 2 aliphatic rings. The number of nitrogens with zero attached hydrogens (tertiary/aromatic N) is 4. The Hall–Kier alpha value is -2.38. The highest BCUT2D eigenvalue weighted by atomic mass is 16.5. The van der Waals surface area contributed by atoms with Crippen LogP contribution in [0.4, 0.5) is 5.82 Å². The van der Waals surface area contributed by atoms with Gasteiger partial charge >= 0.3 is 0 Å². The van der Waals surface area contributed by atoms with Gasteiger partial charge in [-0.1, -0.05) is 18.2 Å². The number of benzene rings is 1. The molecular weight excluding hydrogens is 402 g/mol. The van der Waals surface area contributed by atoms with Gasteiger partial charge in [0.1, 0.15) is 5.82 Å². The number of fused-ring (bicyclic) bond motifs is 1. The van der Waals surface area contributed by atoms with Crippen molar-refractivity contribution < 1.29 is 9.47 Å². The molecule has 0 radical (unpaired) electrons. The first-order chi connectivity index (χ1) is 15.6. The molecule has 1 aromatic carbocycles. The van der Waals surface area contributed by atoms with Crippen molar-refractivity contribution in [3.8, 4) is 0 Å². The van der Waals surface area contributed by atoms with Gasteiger partial charge in [0.05, 0.1) is 30.9 Å². The largest absolute Gasteiger partial charge is 0.376 e. The van der Waals surface area contributed by atoms with Crippen LogP contribution in [0.15, 0.2) is 35.3 Å². The van der Waals surface area contributed by atoms with E-state index in [0.717, 1.165) is 75.8 Å². The number of rotatable bonds is 7. The molecule has 0 aliphatic carbocycles. The normalized spacial score (nSPS) is 20.2. The fraction of sp³-hybridized carbons (Fsp3) is 0.600. The molecular formula is C25H37N5O2. The summed E-state index contributed by atoms with van der Waals surface area (Å²) in [5, 5.41) is 4.65. The zero-order valence-corrected chi connectivity index (χ0v) is 19.7. The van der Waals surface area contributed by atoms with E-state index in [-0.39, 0.29) is 0 Å². The van der Waals surface area contributed by atoms with Crippen LogP contribution < -0.4 is 10.2 Å². The van der Waals surface area contributed by atoms with Crippen molar-refractivity contribution in [1.82, 2.24) is 15.2 Å². The molecule has 3 heterocycles. The Morgan fingerprint density at radius 3 is 2.78 bits per heavy atom. The lowest BCUT2D eigenvalue weighted by Gasteiger charge is -2.34. The van der Waals surface area contributed by atoms with Gasteiger partial charge in [-0.2, -0.15) is 0 Å². The second-order valence-corrected chi connectivity index (χ2v) is 8.88. The van der Waals surface area contributed by atoms with E-state index in [4.69, 9.17) is 19.5 Å². The molecule has 7 nitrogen and oxygen atoms in total. The number of para-hydroxylation sites is 1. The number of likely N-dealkylation sites (tertiary alicyclic amines) is 1. The topological polar surface area (TPSA) is 62.2 Å². The predicted molar refractivity (Wildman–Crippen MR) is 130 cm³/mol. The van der Waals surface area contributed by atoms with E-state index in [0.29, 0.717) is 18.8 Å². The summed E-state index contributed by atoms with van der Waals surface area (Å²) in [5.41, 5.74) is 2.21. The molecule has 7 heteroatoms. The third kappa shape index (κ3) is 5.70. The summed E-state index contributed by atoms with van der Waals surface area (Å²) < 4.78 is 11.8. The molecule has 0 bridgehead atoms. The highest BCUT2D eigenvalue weighted by Crippen LogP contribution is 2.23. The number of nitrogens with one attached hydrogen (secondary N) is 1. The standard InChI is InChI=1S/C25H37N5O2/c1-4-26-25(30-13-11-20(12-14-30)32-18-21-8-7-15-31-21)27-17-19-16-24(29(2)3)28-23-10-6-5-9-22(19)23/h5-6,9-10,16,20-21H,4,7-8,11-15,17-18H2,1-3H3,(H,26,27). The molecule has 2 saturated heterocycles. The van der Waals surface area contributed by atoms with Gasteiger partial charge in [-0.25, -0.2) is 9.98 Å². The summed E-state index contributed by atoms with van der Waals surface area (Å²) in [6, 6.07) is 10.5. The maximum Gasteiger partial charge on any atom is 0.194 e. The minimum absolute atomic E-state index is 0.300. The maximum absolute atomic E-state index is 6.14. The Morgan fingerprint density at radius 2 is 2.06 bits per heavy atom. The first kappa shape index (κ1) is 22.8. The number of hydrogen-bond acceptors (Lipinski definition) is 5. The minimum Gasteiger partial charge on any atom is -0.376 e. The third-order valence-electron chi connectivity index (χ3n) is 6.26. The van der Waals surface area contributed by atoms with E-state index in [1.54, 1.807) is 0 Å². The lowest BCUT2D eigenvalue weighted by molar-refractivity contribution is -0.0367. The number of guanidine groups is 1. The Kier molecular flexibility index (Phi) is 7.81. The average molecular weight is 440 g/mol. The van der Waals surface area contributed by atoms with Crippen LogP contribution in [0.3, 0.4) is 0 Å². The summed E-state index contributed by atoms with van der Waals surface area (Å²) >= 11 is 0. The van der Waals surface area contributed by atoms with E-state index in [1.165, 1.54) is 10.9 Å². The number of ether oxygens (including phenoxy) is 2. The van der Waals surface area contributed by atoms with Gasteiger partial charge in [-0.15, -0.1) is 0 Å². The number of aromatic nitrogens is 1. The summed E-state index contributed by atoms with van der Waals surface area (Å²) in [7, 11) is 4.05. The second-order valence-electron chi connectivity index (χ2n) is 8.88. The first-order valence-corrected chi connectivity index (χ1v) is 12.0. The lowest BCUT2D eigenvalue weighted by atomic mass is 10.1. The minimum atomic E-state index is 0.300. The van der Waals surface area contributed by atoms with Gasteiger partial charge < -0.3 is 24.6 Å². The van der Waals surface area contributed by atoms with Crippen molar-refractivity contribution in [3.63, 3.8) is 0 Å². The molecule has 4 rings (SSSR count). The van der Waals surface area contributed by atoms with Crippen molar-refractivity contribution in [2.75, 3.05) is 51.8 Å². The van der Waals surface area contributed by atoms with E-state index in [2.05, 4.69) is 41.4 Å². The van der Waals surface area contributed by atoms with Crippen LogP contribution in [0.25, 0.3) is 10.9 Å². The lowest BCUT2D eigenvalue weighted by Crippen LogP contribution is -2.47. The third-order valence-corrected chi connectivity index (χ3v) is 6.26. The van der Waals surface area contributed by atoms with E-state index < -0.39 is 0 Å². The number of pyridine rings is 1. The average Bonchev–Trinajstić information content (AvgIpc) is 3.34. The predicted octanol–water partition coefficient (Wildman–Crippen LogP) is 3.43. The molecule has 2 aromatic rings. The van der Waals surface area contributed by atoms with Crippen LogP contribution in [-0.2, 0) is 16.0 Å². The molecule has 1 atom stereocenters. The Balaban J connectivity index is 1.41. The van der Waals surface area contributed by atoms with Crippen molar-refractivity contribution >= 4 is 22.7 Å². The molecule has 2 aliphatic heterocycles. The fourth-order valence-electron chi connectivity index (χ4n) is 4.43. The van der Waals surface area contributed by atoms with Crippen molar-refractivity contribution in [2.45, 2.75) is 51.4 Å². The summed E-state index contributed by atoms with van der Waals surface area (Å²) in [4.78, 5) is 14.2. The molecule has 0 spiro atoms. The highest BCUT2D eigenvalue weighted by molar-refractivity contribution is 5.85. The van der Waals surface area contributed by atoms with Gasteiger partial charge in [0.25, 0.3) is 0 Å². The quantitative estimate of drug-likeness (QED) is 0.527. The number of anilines is 1. The van der Waals surface area contributed by atoms with Crippen molar-refractivity contribution in [2.24, 2.45) is 4.99 Å². The Labute approximate surface area is 191 Å². The Morgan fingerprint density at radius 1 is 1.25 bits per heavy atom. The molecule has 32 heavy (non-hydrogen) atoms. The Bertz CT molecular complexity index is 902. The number of aliphatic imine (C=N–C) groups is 1. The zero-order chi connectivity index (χ0) is 22.3. The van der Waals surface area contributed by atoms with Gasteiger partial charge in [0, 0.05) is 45.7 Å². The van der Waals surface area contributed by atoms with Crippen LogP contribution in [0.2, 0.25) is 0 Å². The van der Waals surface area contributed by atoms with Crippen molar-refractivity contribution in [3.05, 3.63) is 35.9 Å². The molecule has 1 aromatic heterocycles. The highest BCUT2D eigenvalue weighted by Gasteiger charge is 2.24. The zero-order valence-electron chi connectivity index (χ0n) is 19.7. The van der Waals surface area contributed by atoms with Crippen LogP contribution in [0.1, 0.15) is 38.2 Å². The summed E-state index contributed by atoms with van der Waals surface area (Å²) in [5.74, 6) is 1.94. The smallest absolute Gasteiger partial charge is 0.194 e. The fourth-order valence-corrected chi connectivity index (χ4v) is 4.43. The number of piperidine rings is 1. The van der Waals surface area contributed by atoms with E-state index in [9.17, 15) is 0 Å². The van der Waals surface area contributed by atoms with Crippen LogP contribution in [0.5, 0.6) is 0 Å². The van der Waals surface area contributed by atoms with Gasteiger partial charge in [0.2, 0.25) is 0 Å². The van der Waals surface area contributed by atoms with Crippen LogP contribution in [0, 0.1) is 0 Å². The summed E-state index contributed by atoms with van der Waals surface area (Å²) in [6.45, 7) is 7.15. The molecule has 1 N–H and O–H groups in total. The molecule has 174 valence electrons. The summed E-state index contributed by atoms with van der Waals surface area (Å²) in [6.07, 6.45) is 4.98. The van der Waals surface area contributed by atoms with Gasteiger partial charge in [-0.05, 0) is 50.3 Å².